The van der Waals surface area contributed by atoms with Crippen LogP contribution in [-0.4, -0.2) is 26.0 Å². The molecular weight excluding hydrogens is 428 g/mol. The molecule has 0 unspecified atom stereocenters. The van der Waals surface area contributed by atoms with E-state index in [-0.39, 0.29) is 0 Å². The number of primary amides is 1. The highest BCUT2D eigenvalue weighted by Gasteiger charge is 2.19. The topological polar surface area (TPSA) is 123 Å². The van der Waals surface area contributed by atoms with Gasteiger partial charge in [0.15, 0.2) is 0 Å². The van der Waals surface area contributed by atoms with Crippen LogP contribution in [0.3, 0.4) is 0 Å². The van der Waals surface area contributed by atoms with Crippen LogP contribution in [0.2, 0.25) is 0 Å². The summed E-state index contributed by atoms with van der Waals surface area (Å²) >= 11 is 0. The fourth-order valence-corrected chi connectivity index (χ4v) is 4.20. The van der Waals surface area contributed by atoms with Gasteiger partial charge >= 0.3 is 0 Å². The largest absolute Gasteiger partial charge is 0.366 e. The summed E-state index contributed by atoms with van der Waals surface area (Å²) in [6.45, 7) is 6.40. The quantitative estimate of drug-likeness (QED) is 0.336. The van der Waals surface area contributed by atoms with Crippen LogP contribution in [0, 0.1) is 20.8 Å². The predicted molar refractivity (Wildman–Crippen MR) is 131 cm³/mol. The summed E-state index contributed by atoms with van der Waals surface area (Å²) in [4.78, 5) is 24.3. The average molecular weight is 453 g/mol. The highest BCUT2D eigenvalue weighted by atomic mass is 16.5. The molecule has 34 heavy (non-hydrogen) atoms. The number of rotatable bonds is 6. The molecule has 0 bridgehead atoms. The van der Waals surface area contributed by atoms with Crippen LogP contribution in [0.4, 0.5) is 5.95 Å². The van der Waals surface area contributed by atoms with Crippen LogP contribution in [0.25, 0.3) is 33.3 Å². The Bertz CT molecular complexity index is 1500. The molecule has 0 aliphatic heterocycles. The Morgan fingerprint density at radius 3 is 2.68 bits per heavy atom. The number of hydrogen-bond acceptors (Lipinski definition) is 6. The van der Waals surface area contributed by atoms with E-state index in [1.807, 2.05) is 57.3 Å². The molecule has 4 N–H and O–H groups in total. The van der Waals surface area contributed by atoms with E-state index in [0.29, 0.717) is 18.1 Å². The van der Waals surface area contributed by atoms with E-state index in [1.165, 1.54) is 0 Å². The summed E-state index contributed by atoms with van der Waals surface area (Å²) in [5, 5.41) is 7.46. The first-order valence-corrected chi connectivity index (χ1v) is 10.9. The molecule has 3 aromatic heterocycles. The van der Waals surface area contributed by atoms with Gasteiger partial charge in [-0.25, -0.2) is 4.98 Å². The maximum absolute atomic E-state index is 11.9. The minimum absolute atomic E-state index is 0.446. The fraction of sp³-hybridized carbons (Fsp3) is 0.154. The first-order valence-electron chi connectivity index (χ1n) is 10.9. The Morgan fingerprint density at radius 2 is 1.97 bits per heavy atom. The van der Waals surface area contributed by atoms with Gasteiger partial charge in [0, 0.05) is 35.6 Å². The van der Waals surface area contributed by atoms with Gasteiger partial charge in [0.1, 0.15) is 5.76 Å². The van der Waals surface area contributed by atoms with Crippen molar-refractivity contribution in [3.8, 4) is 22.3 Å². The molecular formula is C26H24N6O2. The van der Waals surface area contributed by atoms with Gasteiger partial charge in [-0.15, -0.1) is 0 Å². The molecule has 0 radical (unpaired) electrons. The lowest BCUT2D eigenvalue weighted by molar-refractivity contribution is 0.100. The van der Waals surface area contributed by atoms with Gasteiger partial charge in [-0.1, -0.05) is 17.3 Å². The molecule has 170 valence electrons. The second-order valence-electron chi connectivity index (χ2n) is 8.31. The SMILES string of the molecule is Cc1ccc(C(N)=O)cc1-c1cc(-c2c(C)noc2C)cc2[nH]c(NCc3cccnc3)nc12. The van der Waals surface area contributed by atoms with Crippen molar-refractivity contribution < 1.29 is 9.32 Å². The second kappa shape index (κ2) is 8.47. The molecule has 0 saturated carbocycles. The average Bonchev–Trinajstić information content (AvgIpc) is 3.40. The van der Waals surface area contributed by atoms with E-state index < -0.39 is 5.91 Å². The number of imidazole rings is 1. The Hall–Kier alpha value is -4.46. The highest BCUT2D eigenvalue weighted by molar-refractivity contribution is 6.00. The zero-order valence-corrected chi connectivity index (χ0v) is 19.1. The molecule has 5 rings (SSSR count). The molecule has 3 heterocycles. The predicted octanol–water partition coefficient (Wildman–Crippen LogP) is 4.92. The lowest BCUT2D eigenvalue weighted by Crippen LogP contribution is -2.11. The van der Waals surface area contributed by atoms with E-state index in [2.05, 4.69) is 26.5 Å². The van der Waals surface area contributed by atoms with Crippen molar-refractivity contribution in [2.24, 2.45) is 5.73 Å². The Labute approximate surface area is 196 Å². The number of carbonyl (C=O) groups excluding carboxylic acids is 1. The second-order valence-corrected chi connectivity index (χ2v) is 8.31. The third-order valence-electron chi connectivity index (χ3n) is 5.90. The van der Waals surface area contributed by atoms with Crippen molar-refractivity contribution in [1.82, 2.24) is 20.1 Å². The maximum Gasteiger partial charge on any atom is 0.248 e. The smallest absolute Gasteiger partial charge is 0.248 e. The van der Waals surface area contributed by atoms with E-state index >= 15 is 0 Å². The number of aromatic nitrogens is 4. The van der Waals surface area contributed by atoms with Gasteiger partial charge in [-0.3, -0.25) is 9.78 Å². The number of aromatic amines is 1. The third kappa shape index (κ3) is 3.90. The zero-order valence-electron chi connectivity index (χ0n) is 19.1. The number of fused-ring (bicyclic) bond motifs is 1. The lowest BCUT2D eigenvalue weighted by Gasteiger charge is -2.11. The van der Waals surface area contributed by atoms with Gasteiger partial charge < -0.3 is 20.6 Å². The lowest BCUT2D eigenvalue weighted by atomic mass is 9.93. The van der Waals surface area contributed by atoms with E-state index in [4.69, 9.17) is 15.2 Å². The molecule has 0 aliphatic rings. The molecule has 8 nitrogen and oxygen atoms in total. The Balaban J connectivity index is 1.68. The Morgan fingerprint density at radius 1 is 1.12 bits per heavy atom. The van der Waals surface area contributed by atoms with Crippen molar-refractivity contribution in [2.75, 3.05) is 5.32 Å². The number of nitrogens with zero attached hydrogens (tertiary/aromatic N) is 3. The van der Waals surface area contributed by atoms with Crippen molar-refractivity contribution in [3.05, 3.63) is 83.0 Å². The summed E-state index contributed by atoms with van der Waals surface area (Å²) in [7, 11) is 0. The van der Waals surface area contributed by atoms with Crippen LogP contribution in [0.15, 0.2) is 59.4 Å². The maximum atomic E-state index is 11.9. The molecule has 0 fully saturated rings. The van der Waals surface area contributed by atoms with Crippen LogP contribution in [0.5, 0.6) is 0 Å². The molecule has 1 amide bonds. The number of pyridine rings is 1. The third-order valence-corrected chi connectivity index (χ3v) is 5.90. The van der Waals surface area contributed by atoms with Crippen molar-refractivity contribution >= 4 is 22.9 Å². The highest BCUT2D eigenvalue weighted by Crippen LogP contribution is 2.37. The number of carbonyl (C=O) groups is 1. The summed E-state index contributed by atoms with van der Waals surface area (Å²) in [6.07, 6.45) is 3.56. The van der Waals surface area contributed by atoms with E-state index in [1.54, 1.807) is 12.3 Å². The van der Waals surface area contributed by atoms with Gasteiger partial charge in [0.05, 0.1) is 16.7 Å². The zero-order chi connectivity index (χ0) is 23.8. The minimum atomic E-state index is -0.472. The molecule has 0 atom stereocenters. The number of nitrogens with one attached hydrogen (secondary N) is 2. The van der Waals surface area contributed by atoms with Crippen molar-refractivity contribution in [3.63, 3.8) is 0 Å². The van der Waals surface area contributed by atoms with E-state index in [0.717, 1.165) is 55.9 Å². The molecule has 0 aliphatic carbocycles. The van der Waals surface area contributed by atoms with Gasteiger partial charge in [0.25, 0.3) is 0 Å². The van der Waals surface area contributed by atoms with Gasteiger partial charge in [0.2, 0.25) is 11.9 Å². The van der Waals surface area contributed by atoms with Crippen molar-refractivity contribution in [2.45, 2.75) is 27.3 Å². The number of benzene rings is 2. The number of H-pyrrole nitrogens is 1. The summed E-state index contributed by atoms with van der Waals surface area (Å²) in [6, 6.07) is 13.5. The number of hydrogen-bond donors (Lipinski definition) is 3. The first-order chi connectivity index (χ1) is 16.4. The van der Waals surface area contributed by atoms with Crippen LogP contribution in [-0.2, 0) is 6.54 Å². The normalized spacial score (nSPS) is 11.1. The molecule has 0 spiro atoms. The molecule has 2 aromatic carbocycles. The van der Waals surface area contributed by atoms with Gasteiger partial charge in [-0.2, -0.15) is 0 Å². The molecule has 8 heteroatoms. The summed E-state index contributed by atoms with van der Waals surface area (Å²) in [5.74, 6) is 0.903. The monoisotopic (exact) mass is 452 g/mol. The first kappa shape index (κ1) is 21.4. The molecule has 0 saturated heterocycles. The van der Waals surface area contributed by atoms with Crippen molar-refractivity contribution in [1.29, 1.82) is 0 Å². The number of aryl methyl sites for hydroxylation is 3. The number of anilines is 1. The Kier molecular flexibility index (Phi) is 5.33. The summed E-state index contributed by atoms with van der Waals surface area (Å²) < 4.78 is 5.42. The molecule has 5 aromatic rings. The number of nitrogens with two attached hydrogens (primary N) is 1. The minimum Gasteiger partial charge on any atom is -0.366 e. The number of amides is 1. The van der Waals surface area contributed by atoms with E-state index in [9.17, 15) is 4.79 Å². The van der Waals surface area contributed by atoms with Crippen LogP contribution in [0.1, 0.15) is 32.9 Å². The van der Waals surface area contributed by atoms with Gasteiger partial charge in [-0.05, 0) is 73.4 Å². The standard InChI is InChI=1S/C26H24N6O2/c1-14-6-7-18(25(27)33)9-20(14)21-10-19(23-15(2)32-34-16(23)3)11-22-24(21)31-26(30-22)29-13-17-5-4-8-28-12-17/h4-12H,13H2,1-3H3,(H2,27,33)(H2,29,30,31). The van der Waals surface area contributed by atoms with Crippen LogP contribution < -0.4 is 11.1 Å². The fourth-order valence-electron chi connectivity index (χ4n) is 4.20. The summed E-state index contributed by atoms with van der Waals surface area (Å²) in [5.41, 5.74) is 14.2. The van der Waals surface area contributed by atoms with Crippen LogP contribution >= 0.6 is 0 Å².